The zero-order chi connectivity index (χ0) is 16.3. The second-order valence-electron chi connectivity index (χ2n) is 6.39. The number of piperidine rings is 1. The molecular formula is C22H34N2. The van der Waals surface area contributed by atoms with E-state index in [-0.39, 0.29) is 6.15 Å². The molecule has 3 rings (SSSR count). The standard InChI is InChI=1S/C18H21N.C4H10.H3N/c1-3-7-15(8-4-1)18(16-9-5-2-6-10-16)17-11-13-19-14-12-17;1-3-4-2;/h1-10,17-19H,11-14H2;3-4H2,1-2H3;1H3. The van der Waals surface area contributed by atoms with Gasteiger partial charge in [-0.3, -0.25) is 0 Å². The fourth-order valence-corrected chi connectivity index (χ4v) is 3.24. The van der Waals surface area contributed by atoms with Crippen molar-refractivity contribution in [2.45, 2.75) is 45.4 Å². The molecule has 0 radical (unpaired) electrons. The van der Waals surface area contributed by atoms with Crippen molar-refractivity contribution >= 4 is 0 Å². The molecule has 2 nitrogen and oxygen atoms in total. The fourth-order valence-electron chi connectivity index (χ4n) is 3.24. The summed E-state index contributed by atoms with van der Waals surface area (Å²) in [5.74, 6) is 1.30. The van der Waals surface area contributed by atoms with Gasteiger partial charge >= 0.3 is 0 Å². The predicted octanol–water partition coefficient (Wildman–Crippen LogP) is 5.79. The van der Waals surface area contributed by atoms with Crippen LogP contribution in [0.4, 0.5) is 0 Å². The Bertz CT molecular complexity index is 477. The molecule has 24 heavy (non-hydrogen) atoms. The molecule has 2 aromatic rings. The molecule has 1 fully saturated rings. The van der Waals surface area contributed by atoms with Crippen molar-refractivity contribution in [3.63, 3.8) is 0 Å². The van der Waals surface area contributed by atoms with Crippen LogP contribution in [0.15, 0.2) is 60.7 Å². The van der Waals surface area contributed by atoms with E-state index in [2.05, 4.69) is 79.8 Å². The summed E-state index contributed by atoms with van der Waals surface area (Å²) < 4.78 is 0. The van der Waals surface area contributed by atoms with Gasteiger partial charge in [0.1, 0.15) is 0 Å². The van der Waals surface area contributed by atoms with Gasteiger partial charge in [-0.2, -0.15) is 0 Å². The maximum atomic E-state index is 3.47. The van der Waals surface area contributed by atoms with E-state index in [4.69, 9.17) is 0 Å². The Balaban J connectivity index is 0.000000522. The first-order valence-corrected chi connectivity index (χ1v) is 9.17. The van der Waals surface area contributed by atoms with E-state index < -0.39 is 0 Å². The van der Waals surface area contributed by atoms with Crippen LogP contribution in [0.25, 0.3) is 0 Å². The summed E-state index contributed by atoms with van der Waals surface area (Å²) in [6.07, 6.45) is 5.18. The largest absolute Gasteiger partial charge is 0.344 e. The molecule has 0 unspecified atom stereocenters. The molecule has 0 atom stereocenters. The molecule has 0 amide bonds. The zero-order valence-electron chi connectivity index (χ0n) is 15.4. The molecule has 0 spiro atoms. The summed E-state index contributed by atoms with van der Waals surface area (Å²) in [6, 6.07) is 22.0. The lowest BCUT2D eigenvalue weighted by molar-refractivity contribution is 0.342. The van der Waals surface area contributed by atoms with Crippen LogP contribution >= 0.6 is 0 Å². The SMILES string of the molecule is CCCC.N.c1ccc(C(c2ccccc2)C2CCNCC2)cc1. The van der Waals surface area contributed by atoms with Gasteiger partial charge in [0, 0.05) is 5.92 Å². The molecular weight excluding hydrogens is 292 g/mol. The van der Waals surface area contributed by atoms with Crippen molar-refractivity contribution in [3.8, 4) is 0 Å². The summed E-state index contributed by atoms with van der Waals surface area (Å²) >= 11 is 0. The van der Waals surface area contributed by atoms with Crippen LogP contribution in [0.3, 0.4) is 0 Å². The molecule has 1 aliphatic heterocycles. The molecule has 1 heterocycles. The van der Waals surface area contributed by atoms with Crippen LogP contribution < -0.4 is 11.5 Å². The highest BCUT2D eigenvalue weighted by Gasteiger charge is 2.25. The smallest absolute Gasteiger partial charge is 0.0119 e. The van der Waals surface area contributed by atoms with Crippen LogP contribution in [-0.4, -0.2) is 13.1 Å². The normalized spacial score (nSPS) is 14.5. The van der Waals surface area contributed by atoms with E-state index in [0.717, 1.165) is 19.0 Å². The van der Waals surface area contributed by atoms with Gasteiger partial charge in [-0.05, 0) is 43.0 Å². The molecule has 4 N–H and O–H groups in total. The summed E-state index contributed by atoms with van der Waals surface area (Å²) in [7, 11) is 0. The van der Waals surface area contributed by atoms with Crippen molar-refractivity contribution in [2.24, 2.45) is 5.92 Å². The number of unbranched alkanes of at least 4 members (excludes halogenated alkanes) is 1. The molecule has 1 saturated heterocycles. The first kappa shape index (κ1) is 20.4. The molecule has 0 saturated carbocycles. The highest BCUT2D eigenvalue weighted by molar-refractivity contribution is 5.33. The van der Waals surface area contributed by atoms with Gasteiger partial charge in [0.25, 0.3) is 0 Å². The second kappa shape index (κ2) is 11.8. The average Bonchev–Trinajstić information content (AvgIpc) is 2.65. The minimum Gasteiger partial charge on any atom is -0.344 e. The third-order valence-corrected chi connectivity index (χ3v) is 4.67. The number of benzene rings is 2. The highest BCUT2D eigenvalue weighted by atomic mass is 14.9. The third-order valence-electron chi connectivity index (χ3n) is 4.67. The Morgan fingerprint density at radius 2 is 1.21 bits per heavy atom. The average molecular weight is 327 g/mol. The van der Waals surface area contributed by atoms with E-state index in [9.17, 15) is 0 Å². The van der Waals surface area contributed by atoms with Gasteiger partial charge in [-0.25, -0.2) is 0 Å². The number of hydrogen-bond donors (Lipinski definition) is 2. The van der Waals surface area contributed by atoms with Crippen molar-refractivity contribution in [1.29, 1.82) is 0 Å². The molecule has 2 aromatic carbocycles. The lowest BCUT2D eigenvalue weighted by atomic mass is 9.76. The van der Waals surface area contributed by atoms with Crippen LogP contribution in [0.1, 0.15) is 56.6 Å². The Hall–Kier alpha value is -1.64. The summed E-state index contributed by atoms with van der Waals surface area (Å²) in [6.45, 7) is 6.67. The van der Waals surface area contributed by atoms with E-state index in [1.54, 1.807) is 0 Å². The van der Waals surface area contributed by atoms with E-state index in [0.29, 0.717) is 5.92 Å². The number of nitrogens with one attached hydrogen (secondary N) is 1. The minimum absolute atomic E-state index is 0. The summed E-state index contributed by atoms with van der Waals surface area (Å²) in [4.78, 5) is 0. The number of hydrogen-bond acceptors (Lipinski definition) is 2. The lowest BCUT2D eigenvalue weighted by Crippen LogP contribution is -2.31. The van der Waals surface area contributed by atoms with Crippen LogP contribution in [0.2, 0.25) is 0 Å². The Labute approximate surface area is 148 Å². The number of rotatable bonds is 4. The van der Waals surface area contributed by atoms with Crippen LogP contribution in [-0.2, 0) is 0 Å². The van der Waals surface area contributed by atoms with Crippen molar-refractivity contribution in [3.05, 3.63) is 71.8 Å². The monoisotopic (exact) mass is 326 g/mol. The predicted molar refractivity (Wildman–Crippen MR) is 106 cm³/mol. The second-order valence-corrected chi connectivity index (χ2v) is 6.39. The quantitative estimate of drug-likeness (QED) is 0.747. The third kappa shape index (κ3) is 6.10. The Kier molecular flexibility index (Phi) is 10.1. The maximum absolute atomic E-state index is 3.47. The van der Waals surface area contributed by atoms with Crippen molar-refractivity contribution in [2.75, 3.05) is 13.1 Å². The summed E-state index contributed by atoms with van der Waals surface area (Å²) in [5.41, 5.74) is 2.92. The zero-order valence-corrected chi connectivity index (χ0v) is 15.4. The van der Waals surface area contributed by atoms with E-state index in [1.807, 2.05) is 0 Å². The topological polar surface area (TPSA) is 47.0 Å². The minimum atomic E-state index is 0. The van der Waals surface area contributed by atoms with Crippen LogP contribution in [0.5, 0.6) is 0 Å². The lowest BCUT2D eigenvalue weighted by Gasteiger charge is -2.31. The van der Waals surface area contributed by atoms with E-state index >= 15 is 0 Å². The molecule has 0 aromatic heterocycles. The van der Waals surface area contributed by atoms with Gasteiger partial charge in [0.05, 0.1) is 0 Å². The first-order valence-electron chi connectivity index (χ1n) is 9.17. The molecule has 0 aliphatic carbocycles. The van der Waals surface area contributed by atoms with Gasteiger partial charge in [0.2, 0.25) is 0 Å². The van der Waals surface area contributed by atoms with Crippen molar-refractivity contribution < 1.29 is 0 Å². The molecule has 1 aliphatic rings. The molecule has 132 valence electrons. The van der Waals surface area contributed by atoms with E-state index in [1.165, 1.54) is 36.8 Å². The first-order chi connectivity index (χ1) is 11.4. The maximum Gasteiger partial charge on any atom is 0.0119 e. The fraction of sp³-hybridized carbons (Fsp3) is 0.455. The molecule has 2 heteroatoms. The summed E-state index contributed by atoms with van der Waals surface area (Å²) in [5, 5.41) is 3.47. The van der Waals surface area contributed by atoms with Gasteiger partial charge in [0.15, 0.2) is 0 Å². The Morgan fingerprint density at radius 1 is 0.792 bits per heavy atom. The van der Waals surface area contributed by atoms with Crippen molar-refractivity contribution in [1.82, 2.24) is 11.5 Å². The highest BCUT2D eigenvalue weighted by Crippen LogP contribution is 2.36. The van der Waals surface area contributed by atoms with Gasteiger partial charge in [-0.15, -0.1) is 0 Å². The molecule has 0 bridgehead atoms. The Morgan fingerprint density at radius 3 is 1.58 bits per heavy atom. The van der Waals surface area contributed by atoms with Gasteiger partial charge < -0.3 is 11.5 Å². The van der Waals surface area contributed by atoms with Crippen LogP contribution in [0, 0.1) is 5.92 Å². The van der Waals surface area contributed by atoms with Gasteiger partial charge in [-0.1, -0.05) is 87.4 Å².